The number of carbonyl (C=O) groups excluding carboxylic acids is 2. The van der Waals surface area contributed by atoms with E-state index in [0.717, 1.165) is 17.1 Å². The molecule has 0 bridgehead atoms. The van der Waals surface area contributed by atoms with Gasteiger partial charge in [0.25, 0.3) is 0 Å². The summed E-state index contributed by atoms with van der Waals surface area (Å²) >= 11 is 0. The lowest BCUT2D eigenvalue weighted by Crippen LogP contribution is -2.43. The molecule has 22 heavy (non-hydrogen) atoms. The highest BCUT2D eigenvalue weighted by Crippen LogP contribution is 2.07. The van der Waals surface area contributed by atoms with Crippen molar-refractivity contribution in [1.29, 1.82) is 0 Å². The Bertz CT molecular complexity index is 554. The van der Waals surface area contributed by atoms with Gasteiger partial charge in [-0.05, 0) is 19.8 Å². The molecule has 1 unspecified atom stereocenters. The average molecular weight is 310 g/mol. The van der Waals surface area contributed by atoms with Gasteiger partial charge in [-0.1, -0.05) is 6.08 Å². The number of rotatable bonds is 9. The molecule has 0 aliphatic carbocycles. The van der Waals surface area contributed by atoms with Gasteiger partial charge in [0.05, 0.1) is 11.5 Å². The van der Waals surface area contributed by atoms with Gasteiger partial charge in [0.15, 0.2) is 0 Å². The Balaban J connectivity index is 2.62. The molecular weight excluding hydrogens is 292 g/mol. The number of nitro groups is 1. The van der Waals surface area contributed by atoms with E-state index >= 15 is 0 Å². The van der Waals surface area contributed by atoms with E-state index in [-0.39, 0.29) is 18.8 Å². The predicted octanol–water partition coefficient (Wildman–Crippen LogP) is 0.805. The molecule has 120 valence electrons. The van der Waals surface area contributed by atoms with Gasteiger partial charge in [-0.2, -0.15) is 5.10 Å². The minimum absolute atomic E-state index is 0.207. The molecule has 0 spiro atoms. The number of ether oxygens (including phenoxy) is 1. The molecule has 9 heteroatoms. The minimum atomic E-state index is -0.781. The van der Waals surface area contributed by atoms with Crippen molar-refractivity contribution in [2.75, 3.05) is 6.61 Å². The third kappa shape index (κ3) is 5.35. The summed E-state index contributed by atoms with van der Waals surface area (Å²) < 4.78 is 6.02. The molecule has 0 saturated carbocycles. The number of hydrogen-bond donors (Lipinski definition) is 1. The van der Waals surface area contributed by atoms with Crippen LogP contribution in [-0.2, 0) is 20.9 Å². The predicted molar refractivity (Wildman–Crippen MR) is 76.9 cm³/mol. The number of nitrogens with zero attached hydrogens (tertiary/aromatic N) is 3. The molecule has 0 aliphatic heterocycles. The quantitative estimate of drug-likeness (QED) is 0.312. The summed E-state index contributed by atoms with van der Waals surface area (Å²) in [6.45, 7) is 5.22. The van der Waals surface area contributed by atoms with Crippen molar-refractivity contribution in [2.45, 2.75) is 32.4 Å². The zero-order valence-corrected chi connectivity index (χ0v) is 12.2. The molecule has 1 rings (SSSR count). The van der Waals surface area contributed by atoms with Gasteiger partial charge in [-0.3, -0.25) is 19.6 Å². The van der Waals surface area contributed by atoms with E-state index in [1.807, 2.05) is 0 Å². The molecule has 1 aromatic heterocycles. The second kappa shape index (κ2) is 8.55. The maximum atomic E-state index is 11.9. The SMILES string of the molecule is C=CCCC(NC(=O)Cn1cc([N+](=O)[O-])cn1)C(=O)OCC. The molecule has 0 aromatic carbocycles. The highest BCUT2D eigenvalue weighted by Gasteiger charge is 2.21. The Morgan fingerprint density at radius 1 is 1.64 bits per heavy atom. The second-order valence-corrected chi connectivity index (χ2v) is 4.39. The molecule has 0 fully saturated rings. The molecule has 1 N–H and O–H groups in total. The topological polar surface area (TPSA) is 116 Å². The Morgan fingerprint density at radius 3 is 2.91 bits per heavy atom. The number of nitrogens with one attached hydrogen (secondary N) is 1. The zero-order valence-electron chi connectivity index (χ0n) is 12.2. The van der Waals surface area contributed by atoms with Gasteiger partial charge < -0.3 is 10.1 Å². The Labute approximate surface area is 127 Å². The van der Waals surface area contributed by atoms with Crippen molar-refractivity contribution < 1.29 is 19.2 Å². The summed E-state index contributed by atoms with van der Waals surface area (Å²) in [7, 11) is 0. The fourth-order valence-electron chi connectivity index (χ4n) is 1.70. The van der Waals surface area contributed by atoms with Crippen LogP contribution in [0.15, 0.2) is 25.0 Å². The smallest absolute Gasteiger partial charge is 0.328 e. The lowest BCUT2D eigenvalue weighted by Gasteiger charge is -2.16. The zero-order chi connectivity index (χ0) is 16.5. The molecule has 1 aromatic rings. The summed E-state index contributed by atoms with van der Waals surface area (Å²) in [5.41, 5.74) is -0.207. The van der Waals surface area contributed by atoms with E-state index in [2.05, 4.69) is 17.0 Å². The van der Waals surface area contributed by atoms with Crippen LogP contribution in [0, 0.1) is 10.1 Å². The van der Waals surface area contributed by atoms with Crippen LogP contribution < -0.4 is 5.32 Å². The highest BCUT2D eigenvalue weighted by molar-refractivity contribution is 5.84. The fraction of sp³-hybridized carbons (Fsp3) is 0.462. The van der Waals surface area contributed by atoms with E-state index in [0.29, 0.717) is 12.8 Å². The van der Waals surface area contributed by atoms with Crippen LogP contribution in [-0.4, -0.2) is 39.2 Å². The van der Waals surface area contributed by atoms with Gasteiger partial charge in [-0.25, -0.2) is 4.79 Å². The number of allylic oxidation sites excluding steroid dienone is 1. The van der Waals surface area contributed by atoms with Crippen LogP contribution in [0.2, 0.25) is 0 Å². The molecule has 1 amide bonds. The minimum Gasteiger partial charge on any atom is -0.464 e. The number of carbonyl (C=O) groups is 2. The third-order valence-corrected chi connectivity index (χ3v) is 2.70. The Morgan fingerprint density at radius 2 is 2.36 bits per heavy atom. The van der Waals surface area contributed by atoms with Crippen molar-refractivity contribution >= 4 is 17.6 Å². The number of aromatic nitrogens is 2. The van der Waals surface area contributed by atoms with E-state index < -0.39 is 22.8 Å². The number of hydrogen-bond acceptors (Lipinski definition) is 6. The molecule has 9 nitrogen and oxygen atoms in total. The normalized spacial score (nSPS) is 11.5. The first kappa shape index (κ1) is 17.3. The first-order chi connectivity index (χ1) is 10.5. The van der Waals surface area contributed by atoms with Crippen LogP contribution in [0.25, 0.3) is 0 Å². The van der Waals surface area contributed by atoms with Crippen molar-refractivity contribution in [3.63, 3.8) is 0 Å². The van der Waals surface area contributed by atoms with Crippen LogP contribution >= 0.6 is 0 Å². The molecule has 0 radical (unpaired) electrons. The van der Waals surface area contributed by atoms with Crippen LogP contribution in [0.4, 0.5) is 5.69 Å². The Kier molecular flexibility index (Phi) is 6.74. The van der Waals surface area contributed by atoms with Gasteiger partial charge >= 0.3 is 11.7 Å². The lowest BCUT2D eigenvalue weighted by molar-refractivity contribution is -0.385. The first-order valence-electron chi connectivity index (χ1n) is 6.71. The van der Waals surface area contributed by atoms with Gasteiger partial charge in [-0.15, -0.1) is 6.58 Å². The van der Waals surface area contributed by atoms with E-state index in [1.54, 1.807) is 13.0 Å². The molecular formula is C13H18N4O5. The lowest BCUT2D eigenvalue weighted by atomic mass is 10.1. The molecule has 1 atom stereocenters. The average Bonchev–Trinajstić information content (AvgIpc) is 2.92. The van der Waals surface area contributed by atoms with Crippen molar-refractivity contribution in [3.8, 4) is 0 Å². The fourth-order valence-corrected chi connectivity index (χ4v) is 1.70. The van der Waals surface area contributed by atoms with Gasteiger partial charge in [0.1, 0.15) is 25.0 Å². The summed E-state index contributed by atoms with van der Waals surface area (Å²) in [6, 6.07) is -0.781. The Hall–Kier alpha value is -2.71. The van der Waals surface area contributed by atoms with E-state index in [4.69, 9.17) is 4.74 Å². The van der Waals surface area contributed by atoms with E-state index in [1.165, 1.54) is 0 Å². The number of esters is 1. The molecule has 1 heterocycles. The second-order valence-electron chi connectivity index (χ2n) is 4.39. The first-order valence-corrected chi connectivity index (χ1v) is 6.71. The molecule has 0 aliphatic rings. The van der Waals surface area contributed by atoms with Crippen molar-refractivity contribution in [2.24, 2.45) is 0 Å². The van der Waals surface area contributed by atoms with Crippen LogP contribution in [0.1, 0.15) is 19.8 Å². The summed E-state index contributed by atoms with van der Waals surface area (Å²) in [5, 5.41) is 16.8. The summed E-state index contributed by atoms with van der Waals surface area (Å²) in [6.07, 6.45) is 4.73. The van der Waals surface area contributed by atoms with E-state index in [9.17, 15) is 19.7 Å². The molecule has 0 saturated heterocycles. The van der Waals surface area contributed by atoms with Gasteiger partial charge in [0, 0.05) is 0 Å². The monoisotopic (exact) mass is 310 g/mol. The maximum absolute atomic E-state index is 11.9. The number of amides is 1. The third-order valence-electron chi connectivity index (χ3n) is 2.70. The largest absolute Gasteiger partial charge is 0.464 e. The van der Waals surface area contributed by atoms with Crippen LogP contribution in [0.5, 0.6) is 0 Å². The summed E-state index contributed by atoms with van der Waals surface area (Å²) in [5.74, 6) is -1.01. The van der Waals surface area contributed by atoms with Gasteiger partial charge in [0.2, 0.25) is 5.91 Å². The van der Waals surface area contributed by atoms with Crippen molar-refractivity contribution in [3.05, 3.63) is 35.2 Å². The summed E-state index contributed by atoms with van der Waals surface area (Å²) in [4.78, 5) is 33.6. The van der Waals surface area contributed by atoms with Crippen molar-refractivity contribution in [1.82, 2.24) is 15.1 Å². The maximum Gasteiger partial charge on any atom is 0.328 e. The standard InChI is InChI=1S/C13H18N4O5/c1-3-5-6-11(13(19)22-4-2)15-12(18)9-16-8-10(7-14-16)17(20)21/h3,7-8,11H,1,4-6,9H2,2H3,(H,15,18). The highest BCUT2D eigenvalue weighted by atomic mass is 16.6. The van der Waals surface area contributed by atoms with Crippen LogP contribution in [0.3, 0.4) is 0 Å².